The first kappa shape index (κ1) is 14.3. The molecular formula is C19H24N2. The molecule has 2 aromatic rings. The van der Waals surface area contributed by atoms with E-state index in [-0.39, 0.29) is 0 Å². The Bertz CT molecular complexity index is 476. The molecule has 0 unspecified atom stereocenters. The van der Waals surface area contributed by atoms with Crippen molar-refractivity contribution >= 4 is 0 Å². The first-order chi connectivity index (χ1) is 10.4. The minimum absolute atomic E-state index is 0.463. The van der Waals surface area contributed by atoms with Gasteiger partial charge in [-0.05, 0) is 30.6 Å². The maximum Gasteiger partial charge on any atom is 0.0217 e. The van der Waals surface area contributed by atoms with E-state index in [1.54, 1.807) is 0 Å². The third-order valence-corrected chi connectivity index (χ3v) is 4.28. The lowest BCUT2D eigenvalue weighted by Crippen LogP contribution is -2.32. The van der Waals surface area contributed by atoms with Crippen LogP contribution in [0.2, 0.25) is 0 Å². The summed E-state index contributed by atoms with van der Waals surface area (Å²) in [5, 5.41) is 3.49. The summed E-state index contributed by atoms with van der Waals surface area (Å²) in [6.45, 7) is 5.71. The van der Waals surface area contributed by atoms with E-state index in [0.29, 0.717) is 5.92 Å². The van der Waals surface area contributed by atoms with Gasteiger partial charge in [-0.3, -0.25) is 0 Å². The van der Waals surface area contributed by atoms with Gasteiger partial charge in [0.1, 0.15) is 0 Å². The summed E-state index contributed by atoms with van der Waals surface area (Å²) in [7, 11) is 0. The average Bonchev–Trinajstić information content (AvgIpc) is 2.83. The summed E-state index contributed by atoms with van der Waals surface area (Å²) in [5.41, 5.74) is 2.84. The lowest BCUT2D eigenvalue weighted by atomic mass is 9.91. The molecule has 0 spiro atoms. The molecule has 2 aromatic carbocycles. The fourth-order valence-corrected chi connectivity index (χ4v) is 3.12. The molecule has 3 rings (SSSR count). The SMILES string of the molecule is c1ccc(C(CN2CCCNCC2)c2ccccc2)cc1. The minimum atomic E-state index is 0.463. The average molecular weight is 280 g/mol. The molecule has 1 fully saturated rings. The van der Waals surface area contributed by atoms with Gasteiger partial charge in [0.05, 0.1) is 0 Å². The molecule has 0 aliphatic carbocycles. The number of hydrogen-bond donors (Lipinski definition) is 1. The van der Waals surface area contributed by atoms with Gasteiger partial charge in [0.15, 0.2) is 0 Å². The van der Waals surface area contributed by atoms with E-state index in [1.807, 2.05) is 0 Å². The summed E-state index contributed by atoms with van der Waals surface area (Å²) < 4.78 is 0. The zero-order valence-corrected chi connectivity index (χ0v) is 12.5. The molecule has 21 heavy (non-hydrogen) atoms. The fourth-order valence-electron chi connectivity index (χ4n) is 3.12. The fraction of sp³-hybridized carbons (Fsp3) is 0.368. The van der Waals surface area contributed by atoms with Crippen LogP contribution in [0.25, 0.3) is 0 Å². The molecule has 110 valence electrons. The summed E-state index contributed by atoms with van der Waals surface area (Å²) in [5.74, 6) is 0.463. The molecule has 1 heterocycles. The van der Waals surface area contributed by atoms with Crippen LogP contribution in [-0.2, 0) is 0 Å². The van der Waals surface area contributed by atoms with Crippen LogP contribution >= 0.6 is 0 Å². The van der Waals surface area contributed by atoms with Gasteiger partial charge in [-0.15, -0.1) is 0 Å². The predicted molar refractivity (Wildman–Crippen MR) is 88.7 cm³/mol. The molecule has 0 radical (unpaired) electrons. The van der Waals surface area contributed by atoms with Crippen molar-refractivity contribution < 1.29 is 0 Å². The number of nitrogens with zero attached hydrogens (tertiary/aromatic N) is 1. The van der Waals surface area contributed by atoms with E-state index in [9.17, 15) is 0 Å². The van der Waals surface area contributed by atoms with Gasteiger partial charge in [-0.2, -0.15) is 0 Å². The maximum absolute atomic E-state index is 3.49. The largest absolute Gasteiger partial charge is 0.315 e. The summed E-state index contributed by atoms with van der Waals surface area (Å²) in [6.07, 6.45) is 1.25. The van der Waals surface area contributed by atoms with Gasteiger partial charge in [0.2, 0.25) is 0 Å². The zero-order chi connectivity index (χ0) is 14.3. The Labute approximate surface area is 127 Å². The van der Waals surface area contributed by atoms with Gasteiger partial charge >= 0.3 is 0 Å². The van der Waals surface area contributed by atoms with Crippen molar-refractivity contribution in [3.8, 4) is 0 Å². The maximum atomic E-state index is 3.49. The molecule has 1 aliphatic rings. The third-order valence-electron chi connectivity index (χ3n) is 4.28. The number of benzene rings is 2. The Hall–Kier alpha value is -1.64. The second-order valence-corrected chi connectivity index (χ2v) is 5.78. The van der Waals surface area contributed by atoms with Crippen molar-refractivity contribution in [3.63, 3.8) is 0 Å². The molecule has 1 aliphatic heterocycles. The van der Waals surface area contributed by atoms with Crippen LogP contribution in [0.1, 0.15) is 23.5 Å². The van der Waals surface area contributed by atoms with E-state index < -0.39 is 0 Å². The second kappa shape index (κ2) is 7.39. The standard InChI is InChI=1S/C19H24N2/c1-3-8-17(9-4-1)19(18-10-5-2-6-11-18)16-21-14-7-12-20-13-15-21/h1-6,8-11,19-20H,7,12-16H2. The van der Waals surface area contributed by atoms with Gasteiger partial charge in [-0.1, -0.05) is 60.7 Å². The third kappa shape index (κ3) is 3.93. The Morgan fingerprint density at radius 2 is 1.43 bits per heavy atom. The normalized spacial score (nSPS) is 16.8. The van der Waals surface area contributed by atoms with Crippen LogP contribution in [0.3, 0.4) is 0 Å². The van der Waals surface area contributed by atoms with Crippen molar-refractivity contribution in [2.24, 2.45) is 0 Å². The Balaban J connectivity index is 1.82. The molecule has 1 N–H and O–H groups in total. The van der Waals surface area contributed by atoms with Crippen LogP contribution in [-0.4, -0.2) is 37.6 Å². The zero-order valence-electron chi connectivity index (χ0n) is 12.5. The van der Waals surface area contributed by atoms with E-state index in [0.717, 1.165) is 26.2 Å². The first-order valence-corrected chi connectivity index (χ1v) is 7.96. The molecule has 1 saturated heterocycles. The second-order valence-electron chi connectivity index (χ2n) is 5.78. The van der Waals surface area contributed by atoms with Crippen LogP contribution in [0.4, 0.5) is 0 Å². The van der Waals surface area contributed by atoms with Crippen molar-refractivity contribution in [2.75, 3.05) is 32.7 Å². The number of rotatable bonds is 4. The van der Waals surface area contributed by atoms with Gasteiger partial charge in [0.25, 0.3) is 0 Å². The predicted octanol–water partition coefficient (Wildman–Crippen LogP) is 3.11. The summed E-state index contributed by atoms with van der Waals surface area (Å²) in [6, 6.07) is 21.8. The van der Waals surface area contributed by atoms with Crippen LogP contribution < -0.4 is 5.32 Å². The monoisotopic (exact) mass is 280 g/mol. The van der Waals surface area contributed by atoms with E-state index in [4.69, 9.17) is 0 Å². The molecule has 0 atom stereocenters. The van der Waals surface area contributed by atoms with Gasteiger partial charge in [0, 0.05) is 25.6 Å². The highest BCUT2D eigenvalue weighted by atomic mass is 15.2. The molecule has 0 amide bonds. The molecule has 0 aromatic heterocycles. The quantitative estimate of drug-likeness (QED) is 0.925. The topological polar surface area (TPSA) is 15.3 Å². The Kier molecular flexibility index (Phi) is 5.03. The van der Waals surface area contributed by atoms with Crippen molar-refractivity contribution in [2.45, 2.75) is 12.3 Å². The highest BCUT2D eigenvalue weighted by Crippen LogP contribution is 2.25. The van der Waals surface area contributed by atoms with E-state index >= 15 is 0 Å². The molecule has 2 nitrogen and oxygen atoms in total. The molecular weight excluding hydrogens is 256 g/mol. The molecule has 2 heteroatoms. The van der Waals surface area contributed by atoms with E-state index in [1.165, 1.54) is 24.1 Å². The lowest BCUT2D eigenvalue weighted by Gasteiger charge is -2.27. The van der Waals surface area contributed by atoms with Crippen LogP contribution in [0.5, 0.6) is 0 Å². The Morgan fingerprint density at radius 3 is 2.05 bits per heavy atom. The number of hydrogen-bond acceptors (Lipinski definition) is 2. The van der Waals surface area contributed by atoms with Crippen molar-refractivity contribution in [1.29, 1.82) is 0 Å². The smallest absolute Gasteiger partial charge is 0.0217 e. The lowest BCUT2D eigenvalue weighted by molar-refractivity contribution is 0.283. The highest BCUT2D eigenvalue weighted by Gasteiger charge is 2.18. The van der Waals surface area contributed by atoms with E-state index in [2.05, 4.69) is 70.9 Å². The van der Waals surface area contributed by atoms with Gasteiger partial charge < -0.3 is 10.2 Å². The summed E-state index contributed by atoms with van der Waals surface area (Å²) >= 11 is 0. The first-order valence-electron chi connectivity index (χ1n) is 7.96. The summed E-state index contributed by atoms with van der Waals surface area (Å²) in [4.78, 5) is 2.60. The van der Waals surface area contributed by atoms with Gasteiger partial charge in [-0.25, -0.2) is 0 Å². The van der Waals surface area contributed by atoms with Crippen molar-refractivity contribution in [1.82, 2.24) is 10.2 Å². The Morgan fingerprint density at radius 1 is 0.810 bits per heavy atom. The highest BCUT2D eigenvalue weighted by molar-refractivity contribution is 5.32. The number of nitrogens with one attached hydrogen (secondary N) is 1. The van der Waals surface area contributed by atoms with Crippen molar-refractivity contribution in [3.05, 3.63) is 71.8 Å². The van der Waals surface area contributed by atoms with Crippen LogP contribution in [0.15, 0.2) is 60.7 Å². The molecule has 0 saturated carbocycles. The molecule has 0 bridgehead atoms. The van der Waals surface area contributed by atoms with Crippen LogP contribution in [0, 0.1) is 0 Å². The minimum Gasteiger partial charge on any atom is -0.315 e.